The first kappa shape index (κ1) is 12.2. The molecule has 0 spiro atoms. The molecule has 0 bridgehead atoms. The highest BCUT2D eigenvalue weighted by atomic mass is 16.5. The van der Waals surface area contributed by atoms with E-state index in [1.807, 2.05) is 26.0 Å². The summed E-state index contributed by atoms with van der Waals surface area (Å²) in [6.45, 7) is 6.36. The van der Waals surface area contributed by atoms with Gasteiger partial charge < -0.3 is 10.1 Å². The van der Waals surface area contributed by atoms with E-state index in [1.54, 1.807) is 6.20 Å². The molecule has 1 aromatic rings. The Kier molecular flexibility index (Phi) is 3.87. The Hall–Kier alpha value is -1.25. The van der Waals surface area contributed by atoms with Crippen LogP contribution in [0.1, 0.15) is 40.0 Å². The van der Waals surface area contributed by atoms with Crippen molar-refractivity contribution in [2.45, 2.75) is 52.2 Å². The van der Waals surface area contributed by atoms with Crippen molar-refractivity contribution >= 4 is 5.69 Å². The molecule has 1 fully saturated rings. The van der Waals surface area contributed by atoms with Crippen LogP contribution in [0.2, 0.25) is 0 Å². The van der Waals surface area contributed by atoms with E-state index < -0.39 is 0 Å². The summed E-state index contributed by atoms with van der Waals surface area (Å²) in [6.07, 6.45) is 5.75. The van der Waals surface area contributed by atoms with Crippen LogP contribution in [-0.4, -0.2) is 17.1 Å². The molecule has 17 heavy (non-hydrogen) atoms. The zero-order valence-corrected chi connectivity index (χ0v) is 10.9. The molecule has 0 amide bonds. The van der Waals surface area contributed by atoms with Crippen LogP contribution in [0.25, 0.3) is 0 Å². The Balaban J connectivity index is 2.04. The molecule has 1 aliphatic rings. The largest absolute Gasteiger partial charge is 0.473 e. The number of hydrogen-bond donors (Lipinski definition) is 1. The van der Waals surface area contributed by atoms with Gasteiger partial charge in [0.1, 0.15) is 0 Å². The van der Waals surface area contributed by atoms with Crippen molar-refractivity contribution in [3.63, 3.8) is 0 Å². The minimum absolute atomic E-state index is 0.160. The molecular formula is C14H22N2O. The molecule has 2 rings (SSSR count). The second-order valence-corrected chi connectivity index (χ2v) is 5.28. The third kappa shape index (κ3) is 3.35. The summed E-state index contributed by atoms with van der Waals surface area (Å²) in [5.41, 5.74) is 1.03. The number of nitrogens with zero attached hydrogens (tertiary/aromatic N) is 1. The van der Waals surface area contributed by atoms with Crippen molar-refractivity contribution in [3.8, 4) is 5.88 Å². The lowest BCUT2D eigenvalue weighted by Crippen LogP contribution is -2.17. The van der Waals surface area contributed by atoms with Crippen LogP contribution in [-0.2, 0) is 0 Å². The van der Waals surface area contributed by atoms with E-state index in [1.165, 1.54) is 19.3 Å². The van der Waals surface area contributed by atoms with E-state index in [2.05, 4.69) is 17.2 Å². The molecule has 0 saturated heterocycles. The first-order valence-corrected chi connectivity index (χ1v) is 6.53. The third-order valence-corrected chi connectivity index (χ3v) is 3.17. The van der Waals surface area contributed by atoms with Crippen LogP contribution in [0, 0.1) is 5.92 Å². The minimum atomic E-state index is 0.160. The fraction of sp³-hybridized carbons (Fsp3) is 0.643. The normalized spacial score (nSPS) is 24.0. The Labute approximate surface area is 104 Å². The molecule has 94 valence electrons. The van der Waals surface area contributed by atoms with E-state index in [4.69, 9.17) is 4.74 Å². The maximum absolute atomic E-state index is 5.71. The molecule has 0 aromatic carbocycles. The summed E-state index contributed by atoms with van der Waals surface area (Å²) in [6, 6.07) is 4.57. The average molecular weight is 234 g/mol. The Bertz CT molecular complexity index is 365. The molecule has 0 aliphatic heterocycles. The van der Waals surface area contributed by atoms with Crippen molar-refractivity contribution in [2.75, 3.05) is 5.32 Å². The second kappa shape index (κ2) is 5.39. The SMILES string of the molecule is CC1CCC(Nc2cccnc2OC(C)C)C1. The molecule has 1 aromatic heterocycles. The molecule has 3 nitrogen and oxygen atoms in total. The highest BCUT2D eigenvalue weighted by Gasteiger charge is 2.22. The maximum Gasteiger partial charge on any atom is 0.237 e. The molecule has 3 heteroatoms. The number of anilines is 1. The van der Waals surface area contributed by atoms with E-state index >= 15 is 0 Å². The number of hydrogen-bond acceptors (Lipinski definition) is 3. The fourth-order valence-corrected chi connectivity index (χ4v) is 2.38. The summed E-state index contributed by atoms with van der Waals surface area (Å²) < 4.78 is 5.71. The molecule has 2 atom stereocenters. The highest BCUT2D eigenvalue weighted by molar-refractivity contribution is 5.52. The van der Waals surface area contributed by atoms with Gasteiger partial charge in [-0.25, -0.2) is 4.98 Å². The predicted molar refractivity (Wildman–Crippen MR) is 70.4 cm³/mol. The second-order valence-electron chi connectivity index (χ2n) is 5.28. The maximum atomic E-state index is 5.71. The Morgan fingerprint density at radius 2 is 2.24 bits per heavy atom. The molecule has 1 N–H and O–H groups in total. The number of aromatic nitrogens is 1. The van der Waals surface area contributed by atoms with Gasteiger partial charge in [-0.2, -0.15) is 0 Å². The lowest BCUT2D eigenvalue weighted by atomic mass is 10.1. The van der Waals surface area contributed by atoms with E-state index in [0.29, 0.717) is 6.04 Å². The van der Waals surface area contributed by atoms with Crippen LogP contribution >= 0.6 is 0 Å². The standard InChI is InChI=1S/C14H22N2O/c1-10(2)17-14-13(5-4-8-15-14)16-12-7-6-11(3)9-12/h4-5,8,10-12,16H,6-7,9H2,1-3H3. The number of pyridine rings is 1. The van der Waals surface area contributed by atoms with Gasteiger partial charge in [0.25, 0.3) is 0 Å². The third-order valence-electron chi connectivity index (χ3n) is 3.17. The monoisotopic (exact) mass is 234 g/mol. The van der Waals surface area contributed by atoms with Gasteiger partial charge in [0.05, 0.1) is 11.8 Å². The molecule has 0 radical (unpaired) electrons. The van der Waals surface area contributed by atoms with Crippen LogP contribution in [0.5, 0.6) is 5.88 Å². The van der Waals surface area contributed by atoms with Gasteiger partial charge in [-0.15, -0.1) is 0 Å². The quantitative estimate of drug-likeness (QED) is 0.866. The van der Waals surface area contributed by atoms with Gasteiger partial charge in [-0.05, 0) is 51.2 Å². The van der Waals surface area contributed by atoms with Gasteiger partial charge >= 0.3 is 0 Å². The first-order valence-electron chi connectivity index (χ1n) is 6.53. The van der Waals surface area contributed by atoms with Crippen LogP contribution < -0.4 is 10.1 Å². The zero-order valence-electron chi connectivity index (χ0n) is 10.9. The van der Waals surface area contributed by atoms with Gasteiger partial charge in [-0.1, -0.05) is 6.92 Å². The first-order chi connectivity index (χ1) is 8.15. The summed E-state index contributed by atoms with van der Waals surface area (Å²) >= 11 is 0. The summed E-state index contributed by atoms with van der Waals surface area (Å²) in [5, 5.41) is 3.56. The number of nitrogens with one attached hydrogen (secondary N) is 1. The predicted octanol–water partition coefficient (Wildman–Crippen LogP) is 3.47. The van der Waals surface area contributed by atoms with Crippen molar-refractivity contribution in [1.29, 1.82) is 0 Å². The molecule has 1 heterocycles. The number of rotatable bonds is 4. The van der Waals surface area contributed by atoms with Crippen LogP contribution in [0.3, 0.4) is 0 Å². The summed E-state index contributed by atoms with van der Waals surface area (Å²) in [4.78, 5) is 4.30. The highest BCUT2D eigenvalue weighted by Crippen LogP contribution is 2.30. The minimum Gasteiger partial charge on any atom is -0.473 e. The zero-order chi connectivity index (χ0) is 12.3. The van der Waals surface area contributed by atoms with Gasteiger partial charge in [0.15, 0.2) is 0 Å². The number of ether oxygens (including phenoxy) is 1. The fourth-order valence-electron chi connectivity index (χ4n) is 2.38. The Morgan fingerprint density at radius 3 is 2.88 bits per heavy atom. The lowest BCUT2D eigenvalue weighted by Gasteiger charge is -2.18. The van der Waals surface area contributed by atoms with Crippen LogP contribution in [0.4, 0.5) is 5.69 Å². The Morgan fingerprint density at radius 1 is 1.41 bits per heavy atom. The molecule has 2 unspecified atom stereocenters. The topological polar surface area (TPSA) is 34.2 Å². The molecule has 1 saturated carbocycles. The van der Waals surface area contributed by atoms with Gasteiger partial charge in [0, 0.05) is 12.2 Å². The molecular weight excluding hydrogens is 212 g/mol. The smallest absolute Gasteiger partial charge is 0.237 e. The summed E-state index contributed by atoms with van der Waals surface area (Å²) in [5.74, 6) is 1.56. The summed E-state index contributed by atoms with van der Waals surface area (Å²) in [7, 11) is 0. The lowest BCUT2D eigenvalue weighted by molar-refractivity contribution is 0.234. The molecule has 1 aliphatic carbocycles. The van der Waals surface area contributed by atoms with E-state index in [9.17, 15) is 0 Å². The van der Waals surface area contributed by atoms with Crippen molar-refractivity contribution in [3.05, 3.63) is 18.3 Å². The van der Waals surface area contributed by atoms with Crippen molar-refractivity contribution < 1.29 is 4.74 Å². The van der Waals surface area contributed by atoms with E-state index in [0.717, 1.165) is 17.5 Å². The van der Waals surface area contributed by atoms with Crippen molar-refractivity contribution in [2.24, 2.45) is 5.92 Å². The van der Waals surface area contributed by atoms with Crippen molar-refractivity contribution in [1.82, 2.24) is 4.98 Å². The van der Waals surface area contributed by atoms with E-state index in [-0.39, 0.29) is 6.10 Å². The van der Waals surface area contributed by atoms with Gasteiger partial charge in [-0.3, -0.25) is 0 Å². The van der Waals surface area contributed by atoms with Crippen LogP contribution in [0.15, 0.2) is 18.3 Å². The average Bonchev–Trinajstić information content (AvgIpc) is 2.66. The van der Waals surface area contributed by atoms with Gasteiger partial charge in [0.2, 0.25) is 5.88 Å².